The smallest absolute Gasteiger partial charge is 0.221 e. The van der Waals surface area contributed by atoms with Gasteiger partial charge in [-0.3, -0.25) is 4.79 Å². The predicted octanol–water partition coefficient (Wildman–Crippen LogP) is 1.85. The van der Waals surface area contributed by atoms with Gasteiger partial charge in [-0.25, -0.2) is 4.98 Å². The van der Waals surface area contributed by atoms with Gasteiger partial charge in [-0.05, 0) is 37.0 Å². The molecular formula is C15H17N3O2. The Labute approximate surface area is 117 Å². The van der Waals surface area contributed by atoms with Crippen molar-refractivity contribution in [2.24, 2.45) is 0 Å². The number of carbonyl (C=O) groups excluding carboxylic acids is 1. The number of phenols is 1. The molecule has 1 aromatic heterocycles. The van der Waals surface area contributed by atoms with Crippen molar-refractivity contribution >= 4 is 5.91 Å². The summed E-state index contributed by atoms with van der Waals surface area (Å²) >= 11 is 0. The molecule has 1 saturated carbocycles. The molecule has 3 rings (SSSR count). The van der Waals surface area contributed by atoms with Gasteiger partial charge < -0.3 is 15.4 Å². The third-order valence-corrected chi connectivity index (χ3v) is 3.63. The van der Waals surface area contributed by atoms with E-state index in [1.54, 1.807) is 30.6 Å². The number of rotatable bonds is 5. The molecule has 0 unspecified atom stereocenters. The van der Waals surface area contributed by atoms with Crippen molar-refractivity contribution in [1.29, 1.82) is 0 Å². The van der Waals surface area contributed by atoms with Gasteiger partial charge in [-0.2, -0.15) is 0 Å². The van der Waals surface area contributed by atoms with Gasteiger partial charge in [-0.1, -0.05) is 12.1 Å². The van der Waals surface area contributed by atoms with Gasteiger partial charge in [0.05, 0.1) is 5.54 Å². The molecule has 1 aromatic carbocycles. The first-order chi connectivity index (χ1) is 9.68. The Balaban J connectivity index is 1.56. The Bertz CT molecular complexity index is 603. The molecule has 0 bridgehead atoms. The van der Waals surface area contributed by atoms with Crippen molar-refractivity contribution in [3.05, 3.63) is 48.0 Å². The number of hydrogen-bond acceptors (Lipinski definition) is 3. The number of imidazole rings is 1. The summed E-state index contributed by atoms with van der Waals surface area (Å²) in [6.45, 7) is 0. The first kappa shape index (κ1) is 12.7. The maximum Gasteiger partial charge on any atom is 0.221 e. The normalized spacial score (nSPS) is 15.8. The second-order valence-electron chi connectivity index (χ2n) is 5.24. The lowest BCUT2D eigenvalue weighted by Gasteiger charge is -2.15. The summed E-state index contributed by atoms with van der Waals surface area (Å²) in [5.74, 6) is 1.09. The fourth-order valence-electron chi connectivity index (χ4n) is 2.37. The largest absolute Gasteiger partial charge is 0.508 e. The van der Waals surface area contributed by atoms with E-state index in [9.17, 15) is 9.90 Å². The maximum atomic E-state index is 12.0. The highest BCUT2D eigenvalue weighted by Crippen LogP contribution is 2.43. The number of phenolic OH excluding ortho intramolecular Hbond substituents is 1. The summed E-state index contributed by atoms with van der Waals surface area (Å²) in [5.41, 5.74) is 0.683. The summed E-state index contributed by atoms with van der Waals surface area (Å²) in [5, 5.41) is 12.4. The number of H-pyrrole nitrogens is 1. The van der Waals surface area contributed by atoms with Gasteiger partial charge >= 0.3 is 0 Å². The lowest BCUT2D eigenvalue weighted by atomic mass is 10.1. The van der Waals surface area contributed by atoms with E-state index in [1.165, 1.54) is 0 Å². The van der Waals surface area contributed by atoms with E-state index < -0.39 is 0 Å². The highest BCUT2D eigenvalue weighted by molar-refractivity contribution is 5.77. The van der Waals surface area contributed by atoms with E-state index in [2.05, 4.69) is 15.3 Å². The summed E-state index contributed by atoms with van der Waals surface area (Å²) in [6.07, 6.45) is 6.36. The number of hydrogen-bond donors (Lipinski definition) is 3. The highest BCUT2D eigenvalue weighted by atomic mass is 16.3. The van der Waals surface area contributed by atoms with E-state index in [-0.39, 0.29) is 17.2 Å². The molecule has 0 saturated heterocycles. The van der Waals surface area contributed by atoms with Crippen LogP contribution in [0.25, 0.3) is 0 Å². The van der Waals surface area contributed by atoms with E-state index in [1.807, 2.05) is 6.07 Å². The Morgan fingerprint density at radius 2 is 2.30 bits per heavy atom. The van der Waals surface area contributed by atoms with Crippen LogP contribution in [0.2, 0.25) is 0 Å². The van der Waals surface area contributed by atoms with Crippen LogP contribution in [-0.2, 0) is 16.8 Å². The minimum atomic E-state index is -0.278. The SMILES string of the molecule is O=C(CCc1cccc(O)c1)NC1(c2ncc[nH]2)CC1. The number of nitrogens with zero attached hydrogens (tertiary/aromatic N) is 1. The molecule has 5 heteroatoms. The van der Waals surface area contributed by atoms with Crippen molar-refractivity contribution in [2.75, 3.05) is 0 Å². The van der Waals surface area contributed by atoms with Gasteiger partial charge in [0.15, 0.2) is 0 Å². The third-order valence-electron chi connectivity index (χ3n) is 3.63. The van der Waals surface area contributed by atoms with Gasteiger partial charge in [0.2, 0.25) is 5.91 Å². The summed E-state index contributed by atoms with van der Waals surface area (Å²) in [7, 11) is 0. The molecule has 1 aliphatic carbocycles. The van der Waals surface area contributed by atoms with Crippen LogP contribution >= 0.6 is 0 Å². The van der Waals surface area contributed by atoms with Gasteiger partial charge in [0.25, 0.3) is 0 Å². The fourth-order valence-corrected chi connectivity index (χ4v) is 2.37. The topological polar surface area (TPSA) is 78.0 Å². The first-order valence-electron chi connectivity index (χ1n) is 6.77. The Hall–Kier alpha value is -2.30. The Morgan fingerprint density at radius 3 is 2.95 bits per heavy atom. The molecule has 0 radical (unpaired) electrons. The molecule has 0 spiro atoms. The second-order valence-corrected chi connectivity index (χ2v) is 5.24. The van der Waals surface area contributed by atoms with Gasteiger partial charge in [-0.15, -0.1) is 0 Å². The minimum absolute atomic E-state index is 0.0160. The van der Waals surface area contributed by atoms with Crippen LogP contribution in [0, 0.1) is 0 Å². The van der Waals surface area contributed by atoms with Crippen molar-refractivity contribution in [2.45, 2.75) is 31.2 Å². The summed E-state index contributed by atoms with van der Waals surface area (Å²) in [6, 6.07) is 7.01. The molecule has 2 aromatic rings. The Kier molecular flexibility index (Phi) is 3.18. The lowest BCUT2D eigenvalue weighted by Crippen LogP contribution is -2.35. The molecule has 104 valence electrons. The molecule has 3 N–H and O–H groups in total. The molecule has 1 aliphatic rings. The molecule has 5 nitrogen and oxygen atoms in total. The first-order valence-corrected chi connectivity index (χ1v) is 6.77. The molecule has 1 amide bonds. The number of nitrogens with one attached hydrogen (secondary N) is 2. The van der Waals surface area contributed by atoms with Crippen LogP contribution in [0.15, 0.2) is 36.7 Å². The quantitative estimate of drug-likeness (QED) is 0.776. The molecule has 20 heavy (non-hydrogen) atoms. The second kappa shape index (κ2) is 5.00. The zero-order valence-electron chi connectivity index (χ0n) is 11.1. The lowest BCUT2D eigenvalue weighted by molar-refractivity contribution is -0.122. The zero-order chi connectivity index (χ0) is 14.0. The summed E-state index contributed by atoms with van der Waals surface area (Å²) in [4.78, 5) is 19.3. The number of aromatic amines is 1. The van der Waals surface area contributed by atoms with E-state index >= 15 is 0 Å². The number of aromatic nitrogens is 2. The molecule has 1 heterocycles. The van der Waals surface area contributed by atoms with Gasteiger partial charge in [0.1, 0.15) is 11.6 Å². The molecular weight excluding hydrogens is 254 g/mol. The van der Waals surface area contributed by atoms with E-state index in [4.69, 9.17) is 0 Å². The van der Waals surface area contributed by atoms with E-state index in [0.29, 0.717) is 12.8 Å². The number of carbonyl (C=O) groups is 1. The monoisotopic (exact) mass is 271 g/mol. The third kappa shape index (κ3) is 2.66. The average Bonchev–Trinajstić information content (AvgIpc) is 3.00. The molecule has 0 atom stereocenters. The van der Waals surface area contributed by atoms with Crippen LogP contribution in [0.4, 0.5) is 0 Å². The fraction of sp³-hybridized carbons (Fsp3) is 0.333. The number of benzene rings is 1. The number of aromatic hydroxyl groups is 1. The van der Waals surface area contributed by atoms with Crippen molar-refractivity contribution in [3.63, 3.8) is 0 Å². The van der Waals surface area contributed by atoms with Crippen molar-refractivity contribution < 1.29 is 9.90 Å². The van der Waals surface area contributed by atoms with Crippen molar-refractivity contribution in [1.82, 2.24) is 15.3 Å². The van der Waals surface area contributed by atoms with Crippen molar-refractivity contribution in [3.8, 4) is 5.75 Å². The van der Waals surface area contributed by atoms with Gasteiger partial charge in [0, 0.05) is 18.8 Å². The highest BCUT2D eigenvalue weighted by Gasteiger charge is 2.47. The zero-order valence-corrected chi connectivity index (χ0v) is 11.1. The number of amides is 1. The van der Waals surface area contributed by atoms with Crippen LogP contribution in [0.1, 0.15) is 30.7 Å². The van der Waals surface area contributed by atoms with Crippen LogP contribution < -0.4 is 5.32 Å². The maximum absolute atomic E-state index is 12.0. The Morgan fingerprint density at radius 1 is 1.45 bits per heavy atom. The molecule has 1 fully saturated rings. The van der Waals surface area contributed by atoms with Crippen LogP contribution in [0.5, 0.6) is 5.75 Å². The summed E-state index contributed by atoms with van der Waals surface area (Å²) < 4.78 is 0. The average molecular weight is 271 g/mol. The molecule has 0 aliphatic heterocycles. The standard InChI is InChI=1S/C15H17N3O2/c19-12-3-1-2-11(10-12)4-5-13(20)18-15(6-7-15)14-16-8-9-17-14/h1-3,8-10,19H,4-7H2,(H,16,17)(H,18,20). The predicted molar refractivity (Wildman–Crippen MR) is 74.1 cm³/mol. The minimum Gasteiger partial charge on any atom is -0.508 e. The van der Waals surface area contributed by atoms with E-state index in [0.717, 1.165) is 24.2 Å². The van der Waals surface area contributed by atoms with Crippen LogP contribution in [-0.4, -0.2) is 21.0 Å². The number of aryl methyl sites for hydroxylation is 1. The van der Waals surface area contributed by atoms with Crippen LogP contribution in [0.3, 0.4) is 0 Å².